The summed E-state index contributed by atoms with van der Waals surface area (Å²) in [5.41, 5.74) is 2.71. The number of aromatic nitrogens is 1. The summed E-state index contributed by atoms with van der Waals surface area (Å²) in [7, 11) is 1.43. The highest BCUT2D eigenvalue weighted by Gasteiger charge is 2.36. The molecule has 20 heavy (non-hydrogen) atoms. The van der Waals surface area contributed by atoms with Gasteiger partial charge in [0.05, 0.1) is 7.11 Å². The number of benzene rings is 1. The summed E-state index contributed by atoms with van der Waals surface area (Å²) in [6.07, 6.45) is 0. The third-order valence-electron chi connectivity index (χ3n) is 3.65. The molecule has 0 saturated carbocycles. The quantitative estimate of drug-likeness (QED) is 0.832. The first-order valence-electron chi connectivity index (χ1n) is 6.61. The van der Waals surface area contributed by atoms with Gasteiger partial charge in [0, 0.05) is 21.6 Å². The van der Waals surface area contributed by atoms with Gasteiger partial charge in [-0.1, -0.05) is 32.4 Å². The smallest absolute Gasteiger partial charge is 0.315 e. The van der Waals surface area contributed by atoms with E-state index in [9.17, 15) is 4.79 Å². The van der Waals surface area contributed by atoms with Crippen molar-refractivity contribution >= 4 is 28.5 Å². The summed E-state index contributed by atoms with van der Waals surface area (Å²) in [5, 5.41) is 1.74. The predicted molar refractivity (Wildman–Crippen MR) is 82.3 cm³/mol. The molecule has 0 saturated heterocycles. The molecule has 0 bridgehead atoms. The van der Waals surface area contributed by atoms with Gasteiger partial charge in [0.2, 0.25) is 0 Å². The summed E-state index contributed by atoms with van der Waals surface area (Å²) >= 11 is 6.05. The molecule has 1 aromatic carbocycles. The van der Waals surface area contributed by atoms with Crippen LogP contribution in [-0.4, -0.2) is 18.1 Å². The highest BCUT2D eigenvalue weighted by atomic mass is 35.5. The molecular formula is C16H20ClNO2. The second-order valence-corrected chi connectivity index (χ2v) is 6.61. The standard InChI is InChI=1S/C16H20ClNO2/c1-9-11-8-10(17)6-7-12(11)18-14(9)13(15(19)20-5)16(2,3)4/h6-8,13,18H,1-5H3. The fourth-order valence-electron chi connectivity index (χ4n) is 2.63. The number of carbonyl (C=O) groups excluding carboxylic acids is 1. The van der Waals surface area contributed by atoms with Crippen LogP contribution in [0.25, 0.3) is 10.9 Å². The summed E-state index contributed by atoms with van der Waals surface area (Å²) < 4.78 is 4.98. The van der Waals surface area contributed by atoms with Gasteiger partial charge in [0.1, 0.15) is 5.92 Å². The fraction of sp³-hybridized carbons (Fsp3) is 0.438. The molecule has 108 valence electrons. The molecule has 1 heterocycles. The van der Waals surface area contributed by atoms with Crippen LogP contribution in [0, 0.1) is 12.3 Å². The minimum atomic E-state index is -0.335. The number of rotatable bonds is 2. The van der Waals surface area contributed by atoms with Crippen molar-refractivity contribution in [1.82, 2.24) is 4.98 Å². The zero-order valence-corrected chi connectivity index (χ0v) is 13.3. The number of esters is 1. The van der Waals surface area contributed by atoms with Crippen LogP contribution < -0.4 is 0 Å². The van der Waals surface area contributed by atoms with E-state index >= 15 is 0 Å². The van der Waals surface area contributed by atoms with Crippen molar-refractivity contribution in [3.05, 3.63) is 34.5 Å². The van der Waals surface area contributed by atoms with Gasteiger partial charge in [-0.05, 0) is 36.1 Å². The topological polar surface area (TPSA) is 42.1 Å². The van der Waals surface area contributed by atoms with Crippen LogP contribution in [0.1, 0.15) is 37.9 Å². The normalized spacial score (nSPS) is 13.5. The summed E-state index contributed by atoms with van der Waals surface area (Å²) in [6.45, 7) is 8.11. The Morgan fingerprint density at radius 3 is 2.55 bits per heavy atom. The maximum absolute atomic E-state index is 12.2. The minimum Gasteiger partial charge on any atom is -0.468 e. The lowest BCUT2D eigenvalue weighted by Crippen LogP contribution is -2.28. The van der Waals surface area contributed by atoms with Crippen molar-refractivity contribution in [2.24, 2.45) is 5.41 Å². The van der Waals surface area contributed by atoms with Gasteiger partial charge >= 0.3 is 5.97 Å². The molecule has 1 atom stereocenters. The van der Waals surface area contributed by atoms with E-state index in [4.69, 9.17) is 16.3 Å². The molecule has 0 spiro atoms. The molecule has 1 N–H and O–H groups in total. The van der Waals surface area contributed by atoms with E-state index in [0.29, 0.717) is 5.02 Å². The number of H-pyrrole nitrogens is 1. The maximum atomic E-state index is 12.2. The summed E-state index contributed by atoms with van der Waals surface area (Å²) in [6, 6.07) is 5.70. The highest BCUT2D eigenvalue weighted by molar-refractivity contribution is 6.31. The van der Waals surface area contributed by atoms with E-state index in [0.717, 1.165) is 22.2 Å². The molecule has 0 radical (unpaired) electrons. The third kappa shape index (κ3) is 2.55. The number of nitrogens with one attached hydrogen (secondary N) is 1. The number of aryl methyl sites for hydroxylation is 1. The Morgan fingerprint density at radius 2 is 2.00 bits per heavy atom. The van der Waals surface area contributed by atoms with E-state index in [2.05, 4.69) is 4.98 Å². The first-order valence-corrected chi connectivity index (χ1v) is 6.99. The molecule has 1 unspecified atom stereocenters. The van der Waals surface area contributed by atoms with Crippen LogP contribution in [0.15, 0.2) is 18.2 Å². The van der Waals surface area contributed by atoms with Crippen LogP contribution in [0.5, 0.6) is 0 Å². The maximum Gasteiger partial charge on any atom is 0.315 e. The lowest BCUT2D eigenvalue weighted by Gasteiger charge is -2.28. The molecule has 2 aromatic rings. The average Bonchev–Trinajstić information content (AvgIpc) is 2.65. The average molecular weight is 294 g/mol. The second-order valence-electron chi connectivity index (χ2n) is 6.18. The first kappa shape index (κ1) is 14.9. The minimum absolute atomic E-state index is 0.224. The molecule has 0 aliphatic carbocycles. The Kier molecular flexibility index (Phi) is 3.83. The fourth-order valence-corrected chi connectivity index (χ4v) is 2.80. The molecular weight excluding hydrogens is 274 g/mol. The van der Waals surface area contributed by atoms with E-state index in [1.165, 1.54) is 7.11 Å². The number of methoxy groups -OCH3 is 1. The van der Waals surface area contributed by atoms with Crippen LogP contribution in [-0.2, 0) is 9.53 Å². The van der Waals surface area contributed by atoms with Crippen molar-refractivity contribution in [3.8, 4) is 0 Å². The number of hydrogen-bond acceptors (Lipinski definition) is 2. The van der Waals surface area contributed by atoms with E-state index in [-0.39, 0.29) is 17.3 Å². The lowest BCUT2D eigenvalue weighted by molar-refractivity contribution is -0.145. The molecule has 0 amide bonds. The molecule has 2 rings (SSSR count). The Morgan fingerprint density at radius 1 is 1.35 bits per heavy atom. The van der Waals surface area contributed by atoms with Gasteiger partial charge < -0.3 is 9.72 Å². The van der Waals surface area contributed by atoms with Crippen LogP contribution in [0.2, 0.25) is 5.02 Å². The summed E-state index contributed by atoms with van der Waals surface area (Å²) in [4.78, 5) is 15.5. The molecule has 1 aromatic heterocycles. The number of aromatic amines is 1. The molecule has 0 aliphatic heterocycles. The third-order valence-corrected chi connectivity index (χ3v) is 3.89. The van der Waals surface area contributed by atoms with E-state index in [1.807, 2.05) is 45.9 Å². The lowest BCUT2D eigenvalue weighted by atomic mass is 9.77. The van der Waals surface area contributed by atoms with E-state index in [1.54, 1.807) is 0 Å². The number of carbonyl (C=O) groups is 1. The highest BCUT2D eigenvalue weighted by Crippen LogP contribution is 2.39. The first-order chi connectivity index (χ1) is 9.25. The Labute approximate surface area is 124 Å². The van der Waals surface area contributed by atoms with Crippen LogP contribution in [0.4, 0.5) is 0 Å². The zero-order chi connectivity index (χ0) is 15.1. The van der Waals surface area contributed by atoms with Crippen molar-refractivity contribution in [1.29, 1.82) is 0 Å². The molecule has 3 nitrogen and oxygen atoms in total. The number of hydrogen-bond donors (Lipinski definition) is 1. The van der Waals surface area contributed by atoms with Crippen LogP contribution in [0.3, 0.4) is 0 Å². The SMILES string of the molecule is COC(=O)C(c1[nH]c2ccc(Cl)cc2c1C)C(C)(C)C. The van der Waals surface area contributed by atoms with Crippen molar-refractivity contribution < 1.29 is 9.53 Å². The predicted octanol–water partition coefficient (Wildman–Crippen LogP) is 4.43. The van der Waals surface area contributed by atoms with Gasteiger partial charge in [0.15, 0.2) is 0 Å². The molecule has 4 heteroatoms. The van der Waals surface area contributed by atoms with Crippen molar-refractivity contribution in [2.75, 3.05) is 7.11 Å². The van der Waals surface area contributed by atoms with Crippen LogP contribution >= 0.6 is 11.6 Å². The van der Waals surface area contributed by atoms with Gasteiger partial charge in [-0.2, -0.15) is 0 Å². The Bertz CT molecular complexity index is 652. The molecule has 0 fully saturated rings. The Balaban J connectivity index is 2.65. The second kappa shape index (κ2) is 5.13. The monoisotopic (exact) mass is 293 g/mol. The van der Waals surface area contributed by atoms with Gasteiger partial charge in [-0.15, -0.1) is 0 Å². The number of fused-ring (bicyclic) bond motifs is 1. The number of halogens is 1. The van der Waals surface area contributed by atoms with Crippen molar-refractivity contribution in [3.63, 3.8) is 0 Å². The van der Waals surface area contributed by atoms with Gasteiger partial charge in [-0.25, -0.2) is 0 Å². The Hall–Kier alpha value is -1.48. The van der Waals surface area contributed by atoms with E-state index < -0.39 is 0 Å². The van der Waals surface area contributed by atoms with Gasteiger partial charge in [-0.3, -0.25) is 4.79 Å². The molecule has 0 aliphatic rings. The zero-order valence-electron chi connectivity index (χ0n) is 12.5. The summed E-state index contributed by atoms with van der Waals surface area (Å²) in [5.74, 6) is -0.558. The largest absolute Gasteiger partial charge is 0.468 e. The van der Waals surface area contributed by atoms with Gasteiger partial charge in [0.25, 0.3) is 0 Å². The van der Waals surface area contributed by atoms with Crippen molar-refractivity contribution in [2.45, 2.75) is 33.6 Å². The number of ether oxygens (including phenoxy) is 1.